The standard InChI is InChI=1S/C14H16F3NO3/c15-14(16,17)10-4-1-3-9(7-10)11(19)8-18-13(20)12-5-2-6-21-12/h1,3-4,7,11-12,19H,2,5-6,8H2,(H,18,20). The third-order valence-electron chi connectivity index (χ3n) is 3.29. The van der Waals surface area contributed by atoms with Gasteiger partial charge in [0.1, 0.15) is 6.10 Å². The summed E-state index contributed by atoms with van der Waals surface area (Å²) in [6.45, 7) is 0.369. The molecular formula is C14H16F3NO3. The molecule has 21 heavy (non-hydrogen) atoms. The summed E-state index contributed by atoms with van der Waals surface area (Å²) < 4.78 is 42.9. The van der Waals surface area contributed by atoms with Crippen LogP contribution in [0, 0.1) is 0 Å². The number of hydrogen-bond donors (Lipinski definition) is 2. The molecule has 0 radical (unpaired) electrons. The summed E-state index contributed by atoms with van der Waals surface area (Å²) in [4.78, 5) is 11.7. The number of hydrogen-bond acceptors (Lipinski definition) is 3. The van der Waals surface area contributed by atoms with Crippen LogP contribution in [0.25, 0.3) is 0 Å². The lowest BCUT2D eigenvalue weighted by atomic mass is 10.1. The van der Waals surface area contributed by atoms with E-state index < -0.39 is 23.9 Å². The highest BCUT2D eigenvalue weighted by atomic mass is 19.4. The fraction of sp³-hybridized carbons (Fsp3) is 0.500. The molecule has 2 N–H and O–H groups in total. The highest BCUT2D eigenvalue weighted by molar-refractivity contribution is 5.80. The number of aliphatic hydroxyl groups is 1. The van der Waals surface area contributed by atoms with E-state index in [-0.39, 0.29) is 18.0 Å². The third kappa shape index (κ3) is 4.18. The van der Waals surface area contributed by atoms with E-state index in [1.54, 1.807) is 0 Å². The van der Waals surface area contributed by atoms with Crippen LogP contribution >= 0.6 is 0 Å². The summed E-state index contributed by atoms with van der Waals surface area (Å²) in [7, 11) is 0. The van der Waals surface area contributed by atoms with Crippen molar-refractivity contribution in [3.63, 3.8) is 0 Å². The van der Waals surface area contributed by atoms with Crippen molar-refractivity contribution in [3.05, 3.63) is 35.4 Å². The third-order valence-corrected chi connectivity index (χ3v) is 3.29. The molecule has 2 atom stereocenters. The molecule has 116 valence electrons. The molecule has 7 heteroatoms. The Morgan fingerprint density at radius 3 is 2.86 bits per heavy atom. The number of aliphatic hydroxyl groups excluding tert-OH is 1. The summed E-state index contributed by atoms with van der Waals surface area (Å²) in [6, 6.07) is 4.42. The molecule has 2 unspecified atom stereocenters. The second-order valence-electron chi connectivity index (χ2n) is 4.89. The van der Waals surface area contributed by atoms with Crippen LogP contribution in [0.2, 0.25) is 0 Å². The Labute approximate surface area is 119 Å². The minimum atomic E-state index is -4.46. The van der Waals surface area contributed by atoms with Gasteiger partial charge in [-0.3, -0.25) is 4.79 Å². The molecule has 1 aromatic rings. The topological polar surface area (TPSA) is 58.6 Å². The average Bonchev–Trinajstić information content (AvgIpc) is 2.98. The zero-order valence-electron chi connectivity index (χ0n) is 11.2. The quantitative estimate of drug-likeness (QED) is 0.895. The van der Waals surface area contributed by atoms with Crippen molar-refractivity contribution in [2.75, 3.05) is 13.2 Å². The molecule has 1 fully saturated rings. The van der Waals surface area contributed by atoms with Gasteiger partial charge in [0.25, 0.3) is 0 Å². The summed E-state index contributed by atoms with van der Waals surface area (Å²) in [5, 5.41) is 12.4. The Balaban J connectivity index is 1.94. The van der Waals surface area contributed by atoms with Crippen molar-refractivity contribution in [2.45, 2.75) is 31.2 Å². The number of carbonyl (C=O) groups is 1. The fourth-order valence-electron chi connectivity index (χ4n) is 2.14. The van der Waals surface area contributed by atoms with Crippen molar-refractivity contribution < 1.29 is 27.8 Å². The first-order chi connectivity index (χ1) is 9.88. The predicted octanol–water partition coefficient (Wildman–Crippen LogP) is 2.03. The Morgan fingerprint density at radius 1 is 1.48 bits per heavy atom. The number of ether oxygens (including phenoxy) is 1. The van der Waals surface area contributed by atoms with Gasteiger partial charge in [0.2, 0.25) is 5.91 Å². The van der Waals surface area contributed by atoms with E-state index in [0.717, 1.165) is 18.6 Å². The molecule has 0 spiro atoms. The second-order valence-corrected chi connectivity index (χ2v) is 4.89. The van der Waals surface area contributed by atoms with Gasteiger partial charge in [0, 0.05) is 13.2 Å². The smallest absolute Gasteiger partial charge is 0.387 e. The number of carbonyl (C=O) groups excluding carboxylic acids is 1. The summed E-state index contributed by atoms with van der Waals surface area (Å²) in [5.74, 6) is -0.349. The lowest BCUT2D eigenvalue weighted by Gasteiger charge is -2.16. The van der Waals surface area contributed by atoms with E-state index in [4.69, 9.17) is 4.74 Å². The summed E-state index contributed by atoms with van der Waals surface area (Å²) in [5.41, 5.74) is -0.720. The van der Waals surface area contributed by atoms with Gasteiger partial charge in [-0.1, -0.05) is 12.1 Å². The maximum Gasteiger partial charge on any atom is 0.416 e. The summed E-state index contributed by atoms with van der Waals surface area (Å²) in [6.07, 6.45) is -4.77. The minimum absolute atomic E-state index is 0.109. The lowest BCUT2D eigenvalue weighted by Crippen LogP contribution is -2.36. The van der Waals surface area contributed by atoms with Gasteiger partial charge in [0.15, 0.2) is 0 Å². The van der Waals surface area contributed by atoms with Gasteiger partial charge in [-0.05, 0) is 30.5 Å². The molecule has 0 aromatic heterocycles. The molecule has 1 amide bonds. The van der Waals surface area contributed by atoms with Gasteiger partial charge in [-0.2, -0.15) is 13.2 Å². The zero-order chi connectivity index (χ0) is 15.5. The SMILES string of the molecule is O=C(NCC(O)c1cccc(C(F)(F)F)c1)C1CCCO1. The van der Waals surface area contributed by atoms with Crippen molar-refractivity contribution in [1.29, 1.82) is 0 Å². The Hall–Kier alpha value is -1.60. The molecular weight excluding hydrogens is 287 g/mol. The largest absolute Gasteiger partial charge is 0.416 e. The van der Waals surface area contributed by atoms with Crippen LogP contribution in [-0.4, -0.2) is 30.3 Å². The molecule has 1 saturated heterocycles. The van der Waals surface area contributed by atoms with E-state index in [0.29, 0.717) is 13.0 Å². The van der Waals surface area contributed by atoms with Crippen LogP contribution in [0.3, 0.4) is 0 Å². The number of amides is 1. The number of alkyl halides is 3. The first-order valence-electron chi connectivity index (χ1n) is 6.62. The Morgan fingerprint density at radius 2 is 2.24 bits per heavy atom. The van der Waals surface area contributed by atoms with Crippen LogP contribution < -0.4 is 5.32 Å². The van der Waals surface area contributed by atoms with Crippen LogP contribution in [0.15, 0.2) is 24.3 Å². The van der Waals surface area contributed by atoms with E-state index >= 15 is 0 Å². The van der Waals surface area contributed by atoms with Gasteiger partial charge < -0.3 is 15.2 Å². The molecule has 1 heterocycles. The highest BCUT2D eigenvalue weighted by Gasteiger charge is 2.31. The number of nitrogens with one attached hydrogen (secondary N) is 1. The van der Waals surface area contributed by atoms with Crippen molar-refractivity contribution >= 4 is 5.91 Å². The normalized spacial score (nSPS) is 20.3. The molecule has 4 nitrogen and oxygen atoms in total. The molecule has 1 aromatic carbocycles. The number of benzene rings is 1. The van der Waals surface area contributed by atoms with Gasteiger partial charge in [-0.15, -0.1) is 0 Å². The molecule has 1 aliphatic heterocycles. The predicted molar refractivity (Wildman–Crippen MR) is 68.4 cm³/mol. The lowest BCUT2D eigenvalue weighted by molar-refractivity contribution is -0.137. The molecule has 0 aliphatic carbocycles. The van der Waals surface area contributed by atoms with E-state index in [9.17, 15) is 23.1 Å². The van der Waals surface area contributed by atoms with Gasteiger partial charge in [-0.25, -0.2) is 0 Å². The average molecular weight is 303 g/mol. The zero-order valence-corrected chi connectivity index (χ0v) is 11.2. The van der Waals surface area contributed by atoms with Crippen LogP contribution in [0.4, 0.5) is 13.2 Å². The molecule has 0 saturated carbocycles. The maximum absolute atomic E-state index is 12.6. The highest BCUT2D eigenvalue weighted by Crippen LogP contribution is 2.30. The monoisotopic (exact) mass is 303 g/mol. The first-order valence-corrected chi connectivity index (χ1v) is 6.62. The van der Waals surface area contributed by atoms with E-state index in [2.05, 4.69) is 5.32 Å². The fourth-order valence-corrected chi connectivity index (χ4v) is 2.14. The Bertz CT molecular complexity index is 498. The Kier molecular flexibility index (Phi) is 4.84. The van der Waals surface area contributed by atoms with E-state index in [1.807, 2.05) is 0 Å². The summed E-state index contributed by atoms with van der Waals surface area (Å²) >= 11 is 0. The first kappa shape index (κ1) is 15.8. The van der Waals surface area contributed by atoms with E-state index in [1.165, 1.54) is 12.1 Å². The maximum atomic E-state index is 12.6. The van der Waals surface area contributed by atoms with Gasteiger partial charge >= 0.3 is 6.18 Å². The van der Waals surface area contributed by atoms with Crippen LogP contribution in [-0.2, 0) is 15.7 Å². The minimum Gasteiger partial charge on any atom is -0.387 e. The van der Waals surface area contributed by atoms with Gasteiger partial charge in [0.05, 0.1) is 11.7 Å². The second kappa shape index (κ2) is 6.44. The molecule has 2 rings (SSSR count). The number of rotatable bonds is 4. The molecule has 0 bridgehead atoms. The van der Waals surface area contributed by atoms with Crippen molar-refractivity contribution in [3.8, 4) is 0 Å². The number of halogens is 3. The van der Waals surface area contributed by atoms with Crippen LogP contribution in [0.1, 0.15) is 30.1 Å². The van der Waals surface area contributed by atoms with Crippen LogP contribution in [0.5, 0.6) is 0 Å². The molecule has 1 aliphatic rings. The van der Waals surface area contributed by atoms with Crippen molar-refractivity contribution in [1.82, 2.24) is 5.32 Å². The van der Waals surface area contributed by atoms with Crippen molar-refractivity contribution in [2.24, 2.45) is 0 Å².